The molecule has 0 spiro atoms. The summed E-state index contributed by atoms with van der Waals surface area (Å²) in [5, 5.41) is 4.75. The molecule has 2 aromatic heterocycles. The highest BCUT2D eigenvalue weighted by molar-refractivity contribution is 5.60. The SMILES string of the molecule is COc1ccc(Nc2cc(OC3CCN(OC(=O)OC(C)(C)C)CC3)ncn2)cn1. The Hall–Kier alpha value is -3.14. The van der Waals surface area contributed by atoms with Crippen molar-refractivity contribution in [3.63, 3.8) is 0 Å². The van der Waals surface area contributed by atoms with Crippen molar-refractivity contribution >= 4 is 17.7 Å². The molecule has 1 N–H and O–H groups in total. The molecule has 1 aliphatic rings. The van der Waals surface area contributed by atoms with Gasteiger partial charge < -0.3 is 24.4 Å². The molecule has 2 aromatic rings. The van der Waals surface area contributed by atoms with Gasteiger partial charge in [-0.25, -0.2) is 19.7 Å². The molecule has 3 rings (SSSR count). The zero-order valence-corrected chi connectivity index (χ0v) is 17.6. The van der Waals surface area contributed by atoms with Gasteiger partial charge in [-0.2, -0.15) is 0 Å². The molecule has 0 radical (unpaired) electrons. The van der Waals surface area contributed by atoms with Crippen LogP contribution >= 0.6 is 0 Å². The van der Waals surface area contributed by atoms with Crippen LogP contribution < -0.4 is 14.8 Å². The van der Waals surface area contributed by atoms with Crippen molar-refractivity contribution in [2.45, 2.75) is 45.3 Å². The summed E-state index contributed by atoms with van der Waals surface area (Å²) in [6.45, 7) is 6.49. The molecule has 3 heterocycles. The molecule has 0 amide bonds. The van der Waals surface area contributed by atoms with E-state index in [4.69, 9.17) is 19.0 Å². The Labute approximate surface area is 175 Å². The predicted octanol–water partition coefficient (Wildman–Crippen LogP) is 3.33. The predicted molar refractivity (Wildman–Crippen MR) is 109 cm³/mol. The molecule has 1 aliphatic heterocycles. The van der Waals surface area contributed by atoms with Crippen LogP contribution in [0.1, 0.15) is 33.6 Å². The number of carbonyl (C=O) groups is 1. The highest BCUT2D eigenvalue weighted by Gasteiger charge is 2.26. The summed E-state index contributed by atoms with van der Waals surface area (Å²) in [5.41, 5.74) is 0.187. The molecule has 10 heteroatoms. The maximum absolute atomic E-state index is 11.8. The minimum absolute atomic E-state index is 0.0334. The first-order chi connectivity index (χ1) is 14.3. The van der Waals surface area contributed by atoms with E-state index in [9.17, 15) is 4.79 Å². The van der Waals surface area contributed by atoms with E-state index in [2.05, 4.69) is 20.3 Å². The number of hydroxylamine groups is 2. The number of hydrogen-bond donors (Lipinski definition) is 1. The number of anilines is 2. The molecule has 162 valence electrons. The van der Waals surface area contributed by atoms with Crippen LogP contribution in [-0.4, -0.2) is 58.1 Å². The van der Waals surface area contributed by atoms with Crippen molar-refractivity contribution in [1.29, 1.82) is 0 Å². The van der Waals surface area contributed by atoms with Gasteiger partial charge in [-0.1, -0.05) is 0 Å². The number of carbonyl (C=O) groups excluding carboxylic acids is 1. The van der Waals surface area contributed by atoms with Crippen LogP contribution in [0.4, 0.5) is 16.3 Å². The lowest BCUT2D eigenvalue weighted by Crippen LogP contribution is -2.40. The second-order valence-corrected chi connectivity index (χ2v) is 7.76. The zero-order chi connectivity index (χ0) is 21.6. The number of aromatic nitrogens is 3. The van der Waals surface area contributed by atoms with Gasteiger partial charge in [-0.15, -0.1) is 5.06 Å². The van der Waals surface area contributed by atoms with Crippen molar-refractivity contribution in [1.82, 2.24) is 20.0 Å². The summed E-state index contributed by atoms with van der Waals surface area (Å²) < 4.78 is 16.2. The summed E-state index contributed by atoms with van der Waals surface area (Å²) in [5.74, 6) is 1.60. The normalized spacial score (nSPS) is 15.3. The van der Waals surface area contributed by atoms with Crippen molar-refractivity contribution in [2.24, 2.45) is 0 Å². The molecule has 0 atom stereocenters. The largest absolute Gasteiger partial charge is 0.528 e. The van der Waals surface area contributed by atoms with E-state index < -0.39 is 11.8 Å². The van der Waals surface area contributed by atoms with Gasteiger partial charge in [0.05, 0.1) is 19.0 Å². The summed E-state index contributed by atoms with van der Waals surface area (Å²) in [6.07, 6.45) is 3.75. The smallest absolute Gasteiger partial charge is 0.481 e. The van der Waals surface area contributed by atoms with E-state index in [0.717, 1.165) is 5.69 Å². The first-order valence-corrected chi connectivity index (χ1v) is 9.72. The number of pyridine rings is 1. The van der Waals surface area contributed by atoms with E-state index in [0.29, 0.717) is 43.5 Å². The number of hydrogen-bond acceptors (Lipinski definition) is 10. The lowest BCUT2D eigenvalue weighted by atomic mass is 10.1. The minimum Gasteiger partial charge on any atom is -0.481 e. The molecule has 0 bridgehead atoms. The zero-order valence-electron chi connectivity index (χ0n) is 17.6. The Balaban J connectivity index is 1.48. The molecule has 0 aliphatic carbocycles. The Morgan fingerprint density at radius 2 is 1.90 bits per heavy atom. The van der Waals surface area contributed by atoms with Gasteiger partial charge in [-0.05, 0) is 26.8 Å². The quantitative estimate of drug-likeness (QED) is 0.703. The Morgan fingerprint density at radius 3 is 2.53 bits per heavy atom. The van der Waals surface area contributed by atoms with E-state index in [-0.39, 0.29) is 6.10 Å². The number of ether oxygens (including phenoxy) is 3. The van der Waals surface area contributed by atoms with Gasteiger partial charge >= 0.3 is 6.16 Å². The van der Waals surface area contributed by atoms with E-state index in [1.807, 2.05) is 6.07 Å². The number of rotatable bonds is 6. The summed E-state index contributed by atoms with van der Waals surface area (Å²) in [6, 6.07) is 5.33. The molecule has 1 fully saturated rings. The monoisotopic (exact) mass is 417 g/mol. The number of nitrogens with zero attached hydrogens (tertiary/aromatic N) is 4. The highest BCUT2D eigenvalue weighted by atomic mass is 16.8. The number of nitrogens with one attached hydrogen (secondary N) is 1. The van der Waals surface area contributed by atoms with Gasteiger partial charge in [-0.3, -0.25) is 0 Å². The van der Waals surface area contributed by atoms with E-state index in [1.54, 1.807) is 51.3 Å². The van der Waals surface area contributed by atoms with Crippen molar-refractivity contribution in [2.75, 3.05) is 25.5 Å². The first-order valence-electron chi connectivity index (χ1n) is 9.72. The molecule has 0 saturated carbocycles. The third-order valence-electron chi connectivity index (χ3n) is 4.14. The lowest BCUT2D eigenvalue weighted by Gasteiger charge is -2.30. The van der Waals surface area contributed by atoms with Crippen LogP contribution in [0.2, 0.25) is 0 Å². The molecule has 0 aromatic carbocycles. The maximum atomic E-state index is 11.8. The van der Waals surface area contributed by atoms with Crippen molar-refractivity contribution in [3.8, 4) is 11.8 Å². The minimum atomic E-state index is -0.693. The second kappa shape index (κ2) is 9.57. The Morgan fingerprint density at radius 1 is 1.13 bits per heavy atom. The van der Waals surface area contributed by atoms with Crippen LogP contribution in [0.3, 0.4) is 0 Å². The Kier molecular flexibility index (Phi) is 6.88. The van der Waals surface area contributed by atoms with Crippen LogP contribution in [0.25, 0.3) is 0 Å². The Bertz CT molecular complexity index is 832. The summed E-state index contributed by atoms with van der Waals surface area (Å²) in [4.78, 5) is 29.5. The van der Waals surface area contributed by atoms with Crippen LogP contribution in [0.15, 0.2) is 30.7 Å². The topological polar surface area (TPSA) is 108 Å². The van der Waals surface area contributed by atoms with Gasteiger partial charge in [0.15, 0.2) is 0 Å². The van der Waals surface area contributed by atoms with Gasteiger partial charge in [0.2, 0.25) is 11.8 Å². The van der Waals surface area contributed by atoms with Crippen LogP contribution in [0, 0.1) is 0 Å². The third kappa shape index (κ3) is 6.73. The second-order valence-electron chi connectivity index (χ2n) is 7.76. The fraction of sp³-hybridized carbons (Fsp3) is 0.500. The summed E-state index contributed by atoms with van der Waals surface area (Å²) >= 11 is 0. The van der Waals surface area contributed by atoms with Crippen LogP contribution in [0.5, 0.6) is 11.8 Å². The number of piperidine rings is 1. The van der Waals surface area contributed by atoms with E-state index in [1.165, 1.54) is 6.33 Å². The standard InChI is InChI=1S/C20H27N5O5/c1-20(2,3)29-19(26)30-25-9-7-15(8-10-25)28-18-11-16(22-13-23-18)24-14-5-6-17(27-4)21-12-14/h5-6,11-13,15H,7-10H2,1-4H3,(H,22,23,24). The lowest BCUT2D eigenvalue weighted by molar-refractivity contribution is -0.159. The average molecular weight is 417 g/mol. The highest BCUT2D eigenvalue weighted by Crippen LogP contribution is 2.22. The molecule has 30 heavy (non-hydrogen) atoms. The van der Waals surface area contributed by atoms with Gasteiger partial charge in [0.1, 0.15) is 23.9 Å². The fourth-order valence-electron chi connectivity index (χ4n) is 2.78. The van der Waals surface area contributed by atoms with Crippen molar-refractivity contribution in [3.05, 3.63) is 30.7 Å². The van der Waals surface area contributed by atoms with E-state index >= 15 is 0 Å². The first kappa shape index (κ1) is 21.6. The van der Waals surface area contributed by atoms with Crippen LogP contribution in [-0.2, 0) is 9.57 Å². The molecule has 10 nitrogen and oxygen atoms in total. The van der Waals surface area contributed by atoms with Crippen molar-refractivity contribution < 1.29 is 23.8 Å². The third-order valence-corrected chi connectivity index (χ3v) is 4.14. The molecular weight excluding hydrogens is 390 g/mol. The fourth-order valence-corrected chi connectivity index (χ4v) is 2.78. The molecule has 1 saturated heterocycles. The maximum Gasteiger partial charge on any atom is 0.528 e. The molecular formula is C20H27N5O5. The van der Waals surface area contributed by atoms with Gasteiger partial charge in [0, 0.05) is 38.1 Å². The van der Waals surface area contributed by atoms with Gasteiger partial charge in [0.25, 0.3) is 0 Å². The average Bonchev–Trinajstić information content (AvgIpc) is 2.69. The summed E-state index contributed by atoms with van der Waals surface area (Å²) in [7, 11) is 1.57. The molecule has 0 unspecified atom stereocenters. The number of methoxy groups -OCH3 is 1.